The first kappa shape index (κ1) is 19.6. The van der Waals surface area contributed by atoms with Crippen molar-refractivity contribution in [2.24, 2.45) is 0 Å². The molecule has 0 atom stereocenters. The predicted octanol–water partition coefficient (Wildman–Crippen LogP) is 1.41. The van der Waals surface area contributed by atoms with E-state index in [-0.39, 0.29) is 14.7 Å². The number of thiol groups is 1. The zero-order valence-electron chi connectivity index (χ0n) is 12.5. The number of hydrogen-bond acceptors (Lipinski definition) is 8. The van der Waals surface area contributed by atoms with Crippen molar-refractivity contribution >= 4 is 46.5 Å². The zero-order valence-corrected chi connectivity index (χ0v) is 15.1. The van der Waals surface area contributed by atoms with E-state index in [4.69, 9.17) is 0 Å². The number of nitrogens with one attached hydrogen (secondary N) is 1. The molecule has 0 saturated heterocycles. The van der Waals surface area contributed by atoms with Gasteiger partial charge in [0, 0.05) is 0 Å². The molecule has 0 spiro atoms. The maximum atomic E-state index is 12.2. The summed E-state index contributed by atoms with van der Waals surface area (Å²) in [4.78, 5) is 22.4. The lowest BCUT2D eigenvalue weighted by atomic mass is 10.2. The van der Waals surface area contributed by atoms with Crippen molar-refractivity contribution < 1.29 is 27.5 Å². The monoisotopic (exact) mass is 377 g/mol. The molecule has 1 aromatic carbocycles. The van der Waals surface area contributed by atoms with Crippen LogP contribution in [-0.2, 0) is 29.1 Å². The van der Waals surface area contributed by atoms with Crippen LogP contribution in [0.1, 0.15) is 5.56 Å². The minimum atomic E-state index is -3.89. The Morgan fingerprint density at radius 3 is 2.09 bits per heavy atom. The summed E-state index contributed by atoms with van der Waals surface area (Å²) < 4.78 is 35.4. The van der Waals surface area contributed by atoms with Crippen LogP contribution >= 0.6 is 24.6 Å². The van der Waals surface area contributed by atoms with E-state index in [1.54, 1.807) is 12.1 Å². The summed E-state index contributed by atoms with van der Waals surface area (Å²) in [5, 5.41) is 0. The lowest BCUT2D eigenvalue weighted by molar-refractivity contribution is -0.138. The molecule has 0 amide bonds. The van der Waals surface area contributed by atoms with Gasteiger partial charge < -0.3 is 9.47 Å². The number of sulfonamides is 1. The molecule has 0 bridgehead atoms. The van der Waals surface area contributed by atoms with Gasteiger partial charge in [-0.05, 0) is 31.0 Å². The Morgan fingerprint density at radius 2 is 1.61 bits per heavy atom. The number of hydrogen-bond donors (Lipinski definition) is 2. The topological polar surface area (TPSA) is 98.8 Å². The van der Waals surface area contributed by atoms with E-state index in [0.29, 0.717) is 11.9 Å². The van der Waals surface area contributed by atoms with E-state index in [1.165, 1.54) is 12.1 Å². The van der Waals surface area contributed by atoms with Crippen LogP contribution in [0.2, 0.25) is 0 Å². The number of carbonyl (C=O) groups excluding carboxylic acids is 2. The van der Waals surface area contributed by atoms with Crippen LogP contribution in [-0.4, -0.2) is 34.6 Å². The molecule has 0 fully saturated rings. The van der Waals surface area contributed by atoms with Crippen LogP contribution in [0.5, 0.6) is 0 Å². The molecule has 0 aromatic heterocycles. The SMILES string of the molecule is COC(=O)/C(S)=C(/SNS(=O)(=O)c1ccc(C)cc1)C(=O)OC. The first-order valence-corrected chi connectivity index (χ1v) is 8.82. The molecular formula is C13H15NO6S3. The third-order valence-corrected chi connectivity index (χ3v) is 5.79. The fraction of sp³-hybridized carbons (Fsp3) is 0.231. The summed E-state index contributed by atoms with van der Waals surface area (Å²) in [7, 11) is -1.70. The van der Waals surface area contributed by atoms with Gasteiger partial charge in [-0.15, -0.1) is 16.8 Å². The molecule has 0 unspecified atom stereocenters. The highest BCUT2D eigenvalue weighted by Crippen LogP contribution is 2.24. The van der Waals surface area contributed by atoms with Crippen LogP contribution in [0, 0.1) is 6.92 Å². The minimum Gasteiger partial charge on any atom is -0.465 e. The molecule has 1 aromatic rings. The second-order valence-electron chi connectivity index (χ2n) is 4.16. The molecule has 1 rings (SSSR count). The summed E-state index contributed by atoms with van der Waals surface area (Å²) in [6.45, 7) is 1.82. The first-order valence-electron chi connectivity index (χ1n) is 6.08. The number of rotatable bonds is 6. The summed E-state index contributed by atoms with van der Waals surface area (Å²) in [5.41, 5.74) is 0.898. The Kier molecular flexibility index (Phi) is 7.13. The molecule has 0 heterocycles. The highest BCUT2D eigenvalue weighted by atomic mass is 32.3. The lowest BCUT2D eigenvalue weighted by Crippen LogP contribution is -2.20. The second kappa shape index (κ2) is 8.39. The van der Waals surface area contributed by atoms with Gasteiger partial charge in [0.25, 0.3) is 0 Å². The quantitative estimate of drug-likeness (QED) is 0.335. The smallest absolute Gasteiger partial charge is 0.347 e. The standard InChI is InChI=1S/C13H15NO6S3/c1-8-4-6-9(7-5-8)23(17,18)14-22-11(13(16)20-3)10(21)12(15)19-2/h4-7,14,21H,1-3H3/b11-10-. The van der Waals surface area contributed by atoms with Gasteiger partial charge >= 0.3 is 11.9 Å². The van der Waals surface area contributed by atoms with Gasteiger partial charge in [-0.1, -0.05) is 17.7 Å². The number of ether oxygens (including phenoxy) is 2. The first-order chi connectivity index (χ1) is 10.7. The van der Waals surface area contributed by atoms with Crippen molar-refractivity contribution in [1.29, 1.82) is 0 Å². The van der Waals surface area contributed by atoms with Gasteiger partial charge in [-0.3, -0.25) is 0 Å². The Hall–Kier alpha value is -1.49. The van der Waals surface area contributed by atoms with Gasteiger partial charge in [0.05, 0.1) is 19.1 Å². The lowest BCUT2D eigenvalue weighted by Gasteiger charge is -2.10. The van der Waals surface area contributed by atoms with Crippen molar-refractivity contribution in [3.63, 3.8) is 0 Å². The van der Waals surface area contributed by atoms with Crippen LogP contribution in [0.15, 0.2) is 39.0 Å². The summed E-state index contributed by atoms with van der Waals surface area (Å²) in [5.74, 6) is -1.81. The van der Waals surface area contributed by atoms with Gasteiger partial charge in [0.2, 0.25) is 10.0 Å². The van der Waals surface area contributed by atoms with Gasteiger partial charge in [0.1, 0.15) is 9.81 Å². The maximum Gasteiger partial charge on any atom is 0.347 e. The third-order valence-electron chi connectivity index (χ3n) is 2.55. The van der Waals surface area contributed by atoms with Crippen LogP contribution in [0.3, 0.4) is 0 Å². The van der Waals surface area contributed by atoms with Crippen molar-refractivity contribution in [2.75, 3.05) is 14.2 Å². The highest BCUT2D eigenvalue weighted by molar-refractivity contribution is 8.12. The minimum absolute atomic E-state index is 0.0126. The van der Waals surface area contributed by atoms with E-state index in [0.717, 1.165) is 19.8 Å². The van der Waals surface area contributed by atoms with Gasteiger partial charge in [0.15, 0.2) is 0 Å². The highest BCUT2D eigenvalue weighted by Gasteiger charge is 2.24. The molecule has 23 heavy (non-hydrogen) atoms. The Bertz CT molecular complexity index is 725. The maximum absolute atomic E-state index is 12.2. The predicted molar refractivity (Wildman–Crippen MR) is 89.1 cm³/mol. The van der Waals surface area contributed by atoms with E-state index in [1.807, 2.05) is 6.92 Å². The van der Waals surface area contributed by atoms with Crippen LogP contribution in [0.25, 0.3) is 0 Å². The molecule has 7 nitrogen and oxygen atoms in total. The molecule has 1 N–H and O–H groups in total. The Balaban J connectivity index is 3.05. The van der Waals surface area contributed by atoms with Crippen molar-refractivity contribution in [2.45, 2.75) is 11.8 Å². The molecule has 126 valence electrons. The van der Waals surface area contributed by atoms with Gasteiger partial charge in [-0.2, -0.15) is 0 Å². The van der Waals surface area contributed by atoms with E-state index >= 15 is 0 Å². The summed E-state index contributed by atoms with van der Waals surface area (Å²) >= 11 is 4.27. The van der Waals surface area contributed by atoms with Crippen molar-refractivity contribution in [3.05, 3.63) is 39.6 Å². The van der Waals surface area contributed by atoms with E-state index in [9.17, 15) is 18.0 Å². The molecule has 0 aliphatic heterocycles. The second-order valence-corrected chi connectivity index (χ2v) is 7.37. The largest absolute Gasteiger partial charge is 0.465 e. The molecule has 0 saturated carbocycles. The summed E-state index contributed by atoms with van der Waals surface area (Å²) in [6, 6.07) is 6.10. The number of esters is 2. The molecule has 0 aliphatic carbocycles. The van der Waals surface area contributed by atoms with Crippen molar-refractivity contribution in [1.82, 2.24) is 4.13 Å². The number of carbonyl (C=O) groups is 2. The molecule has 10 heteroatoms. The fourth-order valence-electron chi connectivity index (χ4n) is 1.33. The average molecular weight is 377 g/mol. The van der Waals surface area contributed by atoms with Crippen LogP contribution < -0.4 is 4.13 Å². The van der Waals surface area contributed by atoms with Crippen molar-refractivity contribution in [3.8, 4) is 0 Å². The molecule has 0 aliphatic rings. The summed E-state index contributed by atoms with van der Waals surface area (Å²) in [6.07, 6.45) is 0. The zero-order chi connectivity index (χ0) is 17.6. The normalized spacial score (nSPS) is 12.3. The van der Waals surface area contributed by atoms with E-state index in [2.05, 4.69) is 26.2 Å². The molecular weight excluding hydrogens is 362 g/mol. The number of benzene rings is 1. The van der Waals surface area contributed by atoms with Crippen LogP contribution in [0.4, 0.5) is 0 Å². The van der Waals surface area contributed by atoms with Gasteiger partial charge in [-0.25, -0.2) is 18.0 Å². The Labute approximate surface area is 144 Å². The third kappa shape index (κ3) is 5.27. The van der Waals surface area contributed by atoms with E-state index < -0.39 is 22.0 Å². The fourth-order valence-corrected chi connectivity index (χ4v) is 3.65. The number of aryl methyl sites for hydroxylation is 1. The number of methoxy groups -OCH3 is 2. The molecule has 0 radical (unpaired) electrons. The average Bonchev–Trinajstić information content (AvgIpc) is 2.53. The Morgan fingerprint density at radius 1 is 1.09 bits per heavy atom.